The van der Waals surface area contributed by atoms with Crippen molar-refractivity contribution in [1.82, 2.24) is 15.0 Å². The number of halogens is 1. The fraction of sp³-hybridized carbons (Fsp3) is 0.200. The molecule has 3 rings (SSSR count). The van der Waals surface area contributed by atoms with Crippen molar-refractivity contribution < 1.29 is 8.81 Å². The van der Waals surface area contributed by atoms with E-state index in [0.717, 1.165) is 5.69 Å². The molecular formula is C15H14FN3O. The van der Waals surface area contributed by atoms with Gasteiger partial charge in [-0.25, -0.2) is 14.4 Å². The van der Waals surface area contributed by atoms with Gasteiger partial charge in [-0.15, -0.1) is 0 Å². The number of aromatic nitrogens is 3. The van der Waals surface area contributed by atoms with Crippen molar-refractivity contribution in [2.24, 2.45) is 0 Å². The summed E-state index contributed by atoms with van der Waals surface area (Å²) in [4.78, 5) is 11.0. The van der Waals surface area contributed by atoms with E-state index in [1.54, 1.807) is 37.8 Å². The molecule has 0 bridgehead atoms. The predicted molar refractivity (Wildman–Crippen MR) is 71.8 cm³/mol. The highest BCUT2D eigenvalue weighted by molar-refractivity contribution is 5.33. The molecule has 1 N–H and O–H groups in total. The monoisotopic (exact) mass is 271 g/mol. The molecule has 0 saturated heterocycles. The molecule has 20 heavy (non-hydrogen) atoms. The van der Waals surface area contributed by atoms with Crippen molar-refractivity contribution in [3.63, 3.8) is 0 Å². The molecular weight excluding hydrogens is 257 g/mol. The summed E-state index contributed by atoms with van der Waals surface area (Å²) in [6.45, 7) is 1.76. The van der Waals surface area contributed by atoms with Crippen LogP contribution in [0.5, 0.6) is 0 Å². The quantitative estimate of drug-likeness (QED) is 0.792. The molecule has 0 fully saturated rings. The fourth-order valence-electron chi connectivity index (χ4n) is 2.33. The van der Waals surface area contributed by atoms with Gasteiger partial charge in [0.05, 0.1) is 12.5 Å². The zero-order valence-corrected chi connectivity index (χ0v) is 11.0. The SMILES string of the molecule is Cc1cccc([C@@H](Cc2cnco2)c2cnc[nH]2)c1F. The van der Waals surface area contributed by atoms with E-state index < -0.39 is 0 Å². The number of aryl methyl sites for hydroxylation is 1. The van der Waals surface area contributed by atoms with Gasteiger partial charge in [0.25, 0.3) is 0 Å². The van der Waals surface area contributed by atoms with Crippen LogP contribution in [0.2, 0.25) is 0 Å². The van der Waals surface area contributed by atoms with E-state index >= 15 is 0 Å². The molecule has 5 heteroatoms. The van der Waals surface area contributed by atoms with Crippen molar-refractivity contribution in [1.29, 1.82) is 0 Å². The largest absolute Gasteiger partial charge is 0.448 e. The number of imidazole rings is 1. The van der Waals surface area contributed by atoms with Crippen molar-refractivity contribution in [3.05, 3.63) is 71.7 Å². The second-order valence-electron chi connectivity index (χ2n) is 4.71. The Morgan fingerprint density at radius 1 is 1.30 bits per heavy atom. The number of hydrogen-bond acceptors (Lipinski definition) is 3. The van der Waals surface area contributed by atoms with Crippen LogP contribution in [-0.2, 0) is 6.42 Å². The van der Waals surface area contributed by atoms with E-state index in [1.807, 2.05) is 6.07 Å². The number of H-pyrrole nitrogens is 1. The van der Waals surface area contributed by atoms with E-state index in [1.165, 1.54) is 6.39 Å². The van der Waals surface area contributed by atoms with Gasteiger partial charge in [0.1, 0.15) is 11.6 Å². The first-order valence-corrected chi connectivity index (χ1v) is 6.36. The average molecular weight is 271 g/mol. The lowest BCUT2D eigenvalue weighted by Crippen LogP contribution is -2.08. The lowest BCUT2D eigenvalue weighted by molar-refractivity contribution is 0.486. The van der Waals surface area contributed by atoms with E-state index in [-0.39, 0.29) is 11.7 Å². The van der Waals surface area contributed by atoms with Crippen molar-refractivity contribution in [2.75, 3.05) is 0 Å². The molecule has 4 nitrogen and oxygen atoms in total. The lowest BCUT2D eigenvalue weighted by Gasteiger charge is -2.16. The standard InChI is InChI=1S/C15H14FN3O/c1-10-3-2-4-12(15(10)16)13(14-7-17-8-19-14)5-11-6-18-9-20-11/h2-4,6-9,13H,5H2,1H3,(H,17,19)/t13-/m1/s1. The summed E-state index contributed by atoms with van der Waals surface area (Å²) in [7, 11) is 0. The van der Waals surface area contributed by atoms with E-state index in [9.17, 15) is 4.39 Å². The second kappa shape index (κ2) is 5.28. The molecule has 3 aromatic rings. The topological polar surface area (TPSA) is 54.7 Å². The Morgan fingerprint density at radius 2 is 2.20 bits per heavy atom. The van der Waals surface area contributed by atoms with Crippen LogP contribution < -0.4 is 0 Å². The van der Waals surface area contributed by atoms with Gasteiger partial charge in [-0.05, 0) is 18.1 Å². The summed E-state index contributed by atoms with van der Waals surface area (Å²) in [5, 5.41) is 0. The van der Waals surface area contributed by atoms with Crippen molar-refractivity contribution >= 4 is 0 Å². The minimum Gasteiger partial charge on any atom is -0.448 e. The number of aromatic amines is 1. The predicted octanol–water partition coefficient (Wildman–Crippen LogP) is 3.22. The maximum atomic E-state index is 14.4. The minimum atomic E-state index is -0.188. The van der Waals surface area contributed by atoms with E-state index in [2.05, 4.69) is 15.0 Å². The summed E-state index contributed by atoms with van der Waals surface area (Å²) < 4.78 is 19.7. The van der Waals surface area contributed by atoms with Crippen LogP contribution in [0.4, 0.5) is 4.39 Å². The van der Waals surface area contributed by atoms with Crippen LogP contribution in [0, 0.1) is 12.7 Å². The molecule has 2 heterocycles. The molecule has 1 aromatic carbocycles. The first-order chi connectivity index (χ1) is 9.75. The number of hydrogen-bond donors (Lipinski definition) is 1. The number of nitrogens with zero attached hydrogens (tertiary/aromatic N) is 2. The Balaban J connectivity index is 2.03. The van der Waals surface area contributed by atoms with Gasteiger partial charge in [0.2, 0.25) is 0 Å². The maximum absolute atomic E-state index is 14.4. The van der Waals surface area contributed by atoms with Crippen molar-refractivity contribution in [2.45, 2.75) is 19.3 Å². The van der Waals surface area contributed by atoms with Crippen LogP contribution >= 0.6 is 0 Å². The number of rotatable bonds is 4. The molecule has 0 aliphatic carbocycles. The fourth-order valence-corrected chi connectivity index (χ4v) is 2.33. The molecule has 0 unspecified atom stereocenters. The van der Waals surface area contributed by atoms with Crippen LogP contribution in [-0.4, -0.2) is 15.0 Å². The molecule has 0 aliphatic heterocycles. The summed E-state index contributed by atoms with van der Waals surface area (Å²) in [6, 6.07) is 5.42. The Kier molecular flexibility index (Phi) is 3.33. The zero-order valence-electron chi connectivity index (χ0n) is 11.0. The average Bonchev–Trinajstić information content (AvgIpc) is 3.11. The number of oxazole rings is 1. The smallest absolute Gasteiger partial charge is 0.180 e. The number of nitrogens with one attached hydrogen (secondary N) is 1. The van der Waals surface area contributed by atoms with Crippen LogP contribution in [0.25, 0.3) is 0 Å². The third kappa shape index (κ3) is 2.34. The van der Waals surface area contributed by atoms with Gasteiger partial charge < -0.3 is 9.40 Å². The molecule has 0 saturated carbocycles. The Morgan fingerprint density at radius 3 is 2.90 bits per heavy atom. The minimum absolute atomic E-state index is 0.176. The molecule has 0 aliphatic rings. The highest BCUT2D eigenvalue weighted by Gasteiger charge is 2.22. The Hall–Kier alpha value is -2.43. The van der Waals surface area contributed by atoms with Gasteiger partial charge in [-0.3, -0.25) is 0 Å². The van der Waals surface area contributed by atoms with E-state index in [4.69, 9.17) is 4.42 Å². The van der Waals surface area contributed by atoms with E-state index in [0.29, 0.717) is 23.3 Å². The normalized spacial score (nSPS) is 12.5. The third-order valence-corrected chi connectivity index (χ3v) is 3.38. The Labute approximate surface area is 115 Å². The van der Waals surface area contributed by atoms with Crippen molar-refractivity contribution in [3.8, 4) is 0 Å². The summed E-state index contributed by atoms with van der Waals surface area (Å²) in [5.74, 6) is 0.350. The molecule has 0 amide bonds. The van der Waals surface area contributed by atoms with Gasteiger partial charge in [-0.2, -0.15) is 0 Å². The second-order valence-corrected chi connectivity index (χ2v) is 4.71. The first-order valence-electron chi connectivity index (χ1n) is 6.36. The van der Waals surface area contributed by atoms with Crippen LogP contribution in [0.3, 0.4) is 0 Å². The molecule has 0 radical (unpaired) electrons. The Bertz CT molecular complexity index is 677. The maximum Gasteiger partial charge on any atom is 0.180 e. The summed E-state index contributed by atoms with van der Waals surface area (Å²) in [6.07, 6.45) is 6.87. The zero-order chi connectivity index (χ0) is 13.9. The number of benzene rings is 1. The van der Waals surface area contributed by atoms with Gasteiger partial charge in [0, 0.05) is 24.2 Å². The summed E-state index contributed by atoms with van der Waals surface area (Å²) >= 11 is 0. The van der Waals surface area contributed by atoms with Gasteiger partial charge in [0.15, 0.2) is 6.39 Å². The highest BCUT2D eigenvalue weighted by Crippen LogP contribution is 2.30. The highest BCUT2D eigenvalue weighted by atomic mass is 19.1. The molecule has 102 valence electrons. The summed E-state index contributed by atoms with van der Waals surface area (Å²) in [5.41, 5.74) is 2.11. The van der Waals surface area contributed by atoms with Crippen LogP contribution in [0.15, 0.2) is 47.7 Å². The van der Waals surface area contributed by atoms with Gasteiger partial charge in [-0.1, -0.05) is 18.2 Å². The van der Waals surface area contributed by atoms with Crippen LogP contribution in [0.1, 0.15) is 28.5 Å². The third-order valence-electron chi connectivity index (χ3n) is 3.38. The molecule has 1 atom stereocenters. The van der Waals surface area contributed by atoms with Gasteiger partial charge >= 0.3 is 0 Å². The lowest BCUT2D eigenvalue weighted by atomic mass is 9.90. The molecule has 2 aromatic heterocycles. The first kappa shape index (κ1) is 12.6. The molecule has 0 spiro atoms.